The SMILES string of the molecule is Cc1ncc(Br)c(=O)n1Cc1cccc(C(=O)NN)c1. The minimum atomic E-state index is -0.372. The number of amides is 1. The molecule has 6 nitrogen and oxygen atoms in total. The van der Waals surface area contributed by atoms with Crippen LogP contribution < -0.4 is 16.8 Å². The molecule has 0 aliphatic carbocycles. The first-order valence-corrected chi connectivity index (χ1v) is 6.64. The number of rotatable bonds is 3. The van der Waals surface area contributed by atoms with Crippen LogP contribution in [0, 0.1) is 6.92 Å². The van der Waals surface area contributed by atoms with Crippen molar-refractivity contribution in [1.29, 1.82) is 0 Å². The molecule has 2 aromatic rings. The molecule has 1 aromatic heterocycles. The Morgan fingerprint density at radius 2 is 2.25 bits per heavy atom. The lowest BCUT2D eigenvalue weighted by Crippen LogP contribution is -2.30. The Morgan fingerprint density at radius 3 is 2.95 bits per heavy atom. The van der Waals surface area contributed by atoms with E-state index in [1.807, 2.05) is 6.07 Å². The molecule has 0 bridgehead atoms. The zero-order valence-electron chi connectivity index (χ0n) is 10.8. The molecule has 1 amide bonds. The minimum absolute atomic E-state index is 0.161. The number of aryl methyl sites for hydroxylation is 1. The van der Waals surface area contributed by atoms with Gasteiger partial charge in [0.2, 0.25) is 0 Å². The Bertz CT molecular complexity index is 712. The van der Waals surface area contributed by atoms with Crippen molar-refractivity contribution < 1.29 is 4.79 Å². The zero-order valence-corrected chi connectivity index (χ0v) is 12.3. The molecule has 2 rings (SSSR count). The fraction of sp³-hybridized carbons (Fsp3) is 0.154. The molecule has 0 saturated carbocycles. The third-order valence-corrected chi connectivity index (χ3v) is 3.41. The molecule has 0 radical (unpaired) electrons. The average Bonchev–Trinajstić information content (AvgIpc) is 2.47. The zero-order chi connectivity index (χ0) is 14.7. The molecule has 3 N–H and O–H groups in total. The lowest BCUT2D eigenvalue weighted by atomic mass is 10.1. The topological polar surface area (TPSA) is 90.0 Å². The number of halogens is 1. The molecule has 7 heteroatoms. The number of nitrogen functional groups attached to an aromatic ring is 1. The van der Waals surface area contributed by atoms with E-state index in [0.717, 1.165) is 5.56 Å². The van der Waals surface area contributed by atoms with Crippen LogP contribution in [0.15, 0.2) is 39.7 Å². The number of aromatic nitrogens is 2. The van der Waals surface area contributed by atoms with Crippen LogP contribution in [0.2, 0.25) is 0 Å². The van der Waals surface area contributed by atoms with Crippen LogP contribution in [0.1, 0.15) is 21.7 Å². The van der Waals surface area contributed by atoms with Crippen molar-refractivity contribution in [2.75, 3.05) is 0 Å². The molecule has 0 atom stereocenters. The van der Waals surface area contributed by atoms with Gasteiger partial charge in [-0.25, -0.2) is 10.8 Å². The van der Waals surface area contributed by atoms with Crippen molar-refractivity contribution in [3.05, 3.63) is 62.2 Å². The number of nitrogens with zero attached hydrogens (tertiary/aromatic N) is 2. The summed E-state index contributed by atoms with van der Waals surface area (Å²) in [6.07, 6.45) is 1.48. The van der Waals surface area contributed by atoms with E-state index in [2.05, 4.69) is 26.3 Å². The van der Waals surface area contributed by atoms with Crippen molar-refractivity contribution in [3.63, 3.8) is 0 Å². The van der Waals surface area contributed by atoms with Gasteiger partial charge in [-0.1, -0.05) is 12.1 Å². The van der Waals surface area contributed by atoms with Crippen LogP contribution in [-0.4, -0.2) is 15.5 Å². The molecule has 104 valence electrons. The number of carbonyl (C=O) groups excluding carboxylic acids is 1. The van der Waals surface area contributed by atoms with Gasteiger partial charge in [0.25, 0.3) is 11.5 Å². The first kappa shape index (κ1) is 14.4. The van der Waals surface area contributed by atoms with Crippen LogP contribution in [0.25, 0.3) is 0 Å². The smallest absolute Gasteiger partial charge is 0.268 e. The normalized spacial score (nSPS) is 10.3. The fourth-order valence-corrected chi connectivity index (χ4v) is 2.13. The summed E-state index contributed by atoms with van der Waals surface area (Å²) in [6.45, 7) is 2.09. The first-order chi connectivity index (χ1) is 9.52. The maximum Gasteiger partial charge on any atom is 0.268 e. The summed E-state index contributed by atoms with van der Waals surface area (Å²) in [7, 11) is 0. The van der Waals surface area contributed by atoms with E-state index < -0.39 is 0 Å². The fourth-order valence-electron chi connectivity index (χ4n) is 1.81. The highest BCUT2D eigenvalue weighted by atomic mass is 79.9. The minimum Gasteiger partial charge on any atom is -0.291 e. The second-order valence-corrected chi connectivity index (χ2v) is 5.07. The Hall–Kier alpha value is -1.99. The van der Waals surface area contributed by atoms with Gasteiger partial charge in [0.05, 0.1) is 6.54 Å². The van der Waals surface area contributed by atoms with Gasteiger partial charge >= 0.3 is 0 Å². The van der Waals surface area contributed by atoms with Crippen LogP contribution >= 0.6 is 15.9 Å². The summed E-state index contributed by atoms with van der Waals surface area (Å²) in [5, 5.41) is 0. The van der Waals surface area contributed by atoms with Crippen molar-refractivity contribution in [2.45, 2.75) is 13.5 Å². The summed E-state index contributed by atoms with van der Waals surface area (Å²) in [5.41, 5.74) is 3.18. The van der Waals surface area contributed by atoms with Gasteiger partial charge in [0, 0.05) is 11.8 Å². The highest BCUT2D eigenvalue weighted by Crippen LogP contribution is 2.08. The molecule has 0 aliphatic rings. The number of hydrogen-bond acceptors (Lipinski definition) is 4. The monoisotopic (exact) mass is 336 g/mol. The van der Waals surface area contributed by atoms with Crippen molar-refractivity contribution in [1.82, 2.24) is 15.0 Å². The molecule has 0 saturated heterocycles. The summed E-state index contributed by atoms with van der Waals surface area (Å²) in [5.74, 6) is 5.34. The van der Waals surface area contributed by atoms with E-state index in [4.69, 9.17) is 5.84 Å². The van der Waals surface area contributed by atoms with Crippen molar-refractivity contribution in [3.8, 4) is 0 Å². The predicted octanol–water partition coefficient (Wildman–Crippen LogP) is 0.966. The Kier molecular flexibility index (Phi) is 4.31. The molecular weight excluding hydrogens is 324 g/mol. The Balaban J connectivity index is 2.38. The van der Waals surface area contributed by atoms with Gasteiger partial charge in [0.15, 0.2) is 0 Å². The van der Waals surface area contributed by atoms with E-state index in [1.165, 1.54) is 10.8 Å². The first-order valence-electron chi connectivity index (χ1n) is 5.84. The second-order valence-electron chi connectivity index (χ2n) is 4.22. The molecule has 1 heterocycles. The van der Waals surface area contributed by atoms with Gasteiger partial charge in [-0.2, -0.15) is 0 Å². The van der Waals surface area contributed by atoms with Crippen LogP contribution in [0.4, 0.5) is 0 Å². The largest absolute Gasteiger partial charge is 0.291 e. The molecule has 20 heavy (non-hydrogen) atoms. The van der Waals surface area contributed by atoms with Crippen LogP contribution in [0.3, 0.4) is 0 Å². The molecule has 0 spiro atoms. The van der Waals surface area contributed by atoms with E-state index in [9.17, 15) is 9.59 Å². The Morgan fingerprint density at radius 1 is 1.50 bits per heavy atom. The van der Waals surface area contributed by atoms with E-state index >= 15 is 0 Å². The number of nitrogens with two attached hydrogens (primary N) is 1. The number of carbonyl (C=O) groups is 1. The highest BCUT2D eigenvalue weighted by Gasteiger charge is 2.08. The van der Waals surface area contributed by atoms with Crippen LogP contribution in [0.5, 0.6) is 0 Å². The maximum absolute atomic E-state index is 12.0. The molecule has 0 aliphatic heterocycles. The highest BCUT2D eigenvalue weighted by molar-refractivity contribution is 9.10. The summed E-state index contributed by atoms with van der Waals surface area (Å²) < 4.78 is 1.93. The quantitative estimate of drug-likeness (QED) is 0.496. The number of hydrogen-bond donors (Lipinski definition) is 2. The summed E-state index contributed by atoms with van der Waals surface area (Å²) in [4.78, 5) is 27.7. The van der Waals surface area contributed by atoms with Gasteiger partial charge in [-0.05, 0) is 40.5 Å². The van der Waals surface area contributed by atoms with Crippen molar-refractivity contribution >= 4 is 21.8 Å². The third kappa shape index (κ3) is 2.94. The number of benzene rings is 1. The van der Waals surface area contributed by atoms with Gasteiger partial charge in [-0.15, -0.1) is 0 Å². The predicted molar refractivity (Wildman–Crippen MR) is 78.1 cm³/mol. The lowest BCUT2D eigenvalue weighted by Gasteiger charge is -2.10. The van der Waals surface area contributed by atoms with E-state index in [1.54, 1.807) is 25.1 Å². The standard InChI is InChI=1S/C13H13BrN4O2/c1-8-16-6-11(14)13(20)18(8)7-9-3-2-4-10(5-9)12(19)17-15/h2-6H,7,15H2,1H3,(H,17,19). The molecule has 0 unspecified atom stereocenters. The molecule has 1 aromatic carbocycles. The number of nitrogens with one attached hydrogen (secondary N) is 1. The lowest BCUT2D eigenvalue weighted by molar-refractivity contribution is 0.0953. The summed E-state index contributed by atoms with van der Waals surface area (Å²) in [6, 6.07) is 6.92. The van der Waals surface area contributed by atoms with E-state index in [0.29, 0.717) is 22.4 Å². The van der Waals surface area contributed by atoms with Gasteiger partial charge < -0.3 is 0 Å². The van der Waals surface area contributed by atoms with Crippen LogP contribution in [-0.2, 0) is 6.54 Å². The summed E-state index contributed by atoms with van der Waals surface area (Å²) >= 11 is 3.17. The molecule has 0 fully saturated rings. The third-order valence-electron chi connectivity index (χ3n) is 2.87. The maximum atomic E-state index is 12.0. The van der Waals surface area contributed by atoms with Crippen molar-refractivity contribution in [2.24, 2.45) is 5.84 Å². The second kappa shape index (κ2) is 5.98. The molecular formula is C13H13BrN4O2. The van der Waals surface area contributed by atoms with E-state index in [-0.39, 0.29) is 11.5 Å². The average molecular weight is 337 g/mol. The Labute approximate surface area is 123 Å². The number of hydrazine groups is 1. The van der Waals surface area contributed by atoms with Gasteiger partial charge in [-0.3, -0.25) is 19.6 Å². The van der Waals surface area contributed by atoms with Gasteiger partial charge in [0.1, 0.15) is 10.3 Å².